The molecule has 1 aliphatic heterocycles. The van der Waals surface area contributed by atoms with E-state index in [0.29, 0.717) is 53.8 Å². The second kappa shape index (κ2) is 9.24. The predicted molar refractivity (Wildman–Crippen MR) is 127 cm³/mol. The fraction of sp³-hybridized carbons (Fsp3) is 0.231. The Morgan fingerprint density at radius 2 is 1.97 bits per heavy atom. The van der Waals surface area contributed by atoms with Crippen molar-refractivity contribution in [1.29, 1.82) is 0 Å². The van der Waals surface area contributed by atoms with E-state index in [1.807, 2.05) is 44.2 Å². The number of aromatic amines is 1. The Hall–Kier alpha value is -4.00. The maximum atomic E-state index is 13.3. The molecule has 0 unspecified atom stereocenters. The Labute approximate surface area is 193 Å². The molecule has 0 radical (unpaired) electrons. The maximum Gasteiger partial charge on any atom is 0.273 e. The third-order valence-corrected chi connectivity index (χ3v) is 5.54. The molecule has 33 heavy (non-hydrogen) atoms. The van der Waals surface area contributed by atoms with Crippen molar-refractivity contribution >= 4 is 5.91 Å². The molecule has 0 aliphatic carbocycles. The first-order valence-electron chi connectivity index (χ1n) is 10.8. The number of hydrogen-bond acceptors (Lipinski definition) is 5. The minimum absolute atomic E-state index is 0.103. The van der Waals surface area contributed by atoms with Crippen LogP contribution in [0.25, 0.3) is 11.3 Å². The van der Waals surface area contributed by atoms with Crippen molar-refractivity contribution in [3.8, 4) is 28.5 Å². The summed E-state index contributed by atoms with van der Waals surface area (Å²) in [7, 11) is 0. The minimum atomic E-state index is -0.438. The molecule has 7 nitrogen and oxygen atoms in total. The van der Waals surface area contributed by atoms with Gasteiger partial charge in [0.15, 0.2) is 11.5 Å². The number of aryl methyl sites for hydroxylation is 1. The molecule has 0 fully saturated rings. The topological polar surface area (TPSA) is 87.7 Å². The number of amides is 1. The number of H-pyrrole nitrogens is 1. The summed E-state index contributed by atoms with van der Waals surface area (Å²) in [6.45, 7) is 12.5. The number of phenols is 1. The summed E-state index contributed by atoms with van der Waals surface area (Å²) in [4.78, 5) is 15.0. The number of rotatable bonds is 9. The molecule has 0 saturated heterocycles. The van der Waals surface area contributed by atoms with Crippen molar-refractivity contribution in [3.05, 3.63) is 84.1 Å². The number of carbonyl (C=O) groups is 1. The van der Waals surface area contributed by atoms with Gasteiger partial charge in [-0.3, -0.25) is 9.89 Å². The first kappa shape index (κ1) is 22.2. The average Bonchev–Trinajstić information content (AvgIpc) is 3.34. The Morgan fingerprint density at radius 1 is 1.15 bits per heavy atom. The van der Waals surface area contributed by atoms with Gasteiger partial charge in [0.2, 0.25) is 0 Å². The Balaban J connectivity index is 1.88. The SMILES string of the molecule is C=CCOc1ccc([C@H]2c3c(-c4cc(C)ccc4O)n[nH]c3C(=O)N2CC=C)cc1OCC. The third kappa shape index (κ3) is 3.98. The molecule has 1 amide bonds. The van der Waals surface area contributed by atoms with Gasteiger partial charge in [0.25, 0.3) is 5.91 Å². The van der Waals surface area contributed by atoms with Crippen LogP contribution in [0, 0.1) is 6.92 Å². The van der Waals surface area contributed by atoms with E-state index in [1.54, 1.807) is 23.1 Å². The molecule has 1 aliphatic rings. The monoisotopic (exact) mass is 445 g/mol. The van der Waals surface area contributed by atoms with Crippen LogP contribution >= 0.6 is 0 Å². The van der Waals surface area contributed by atoms with Crippen LogP contribution in [0.3, 0.4) is 0 Å². The van der Waals surface area contributed by atoms with Crippen molar-refractivity contribution in [2.45, 2.75) is 19.9 Å². The zero-order chi connectivity index (χ0) is 23.5. The number of ether oxygens (including phenoxy) is 2. The average molecular weight is 446 g/mol. The molecule has 2 aromatic carbocycles. The van der Waals surface area contributed by atoms with Crippen LogP contribution in [0.1, 0.15) is 40.1 Å². The van der Waals surface area contributed by atoms with Gasteiger partial charge < -0.3 is 19.5 Å². The number of aromatic nitrogens is 2. The van der Waals surface area contributed by atoms with Crippen molar-refractivity contribution in [2.24, 2.45) is 0 Å². The summed E-state index contributed by atoms with van der Waals surface area (Å²) < 4.78 is 11.6. The van der Waals surface area contributed by atoms with Crippen LogP contribution in [-0.4, -0.2) is 45.9 Å². The molecular formula is C26H27N3O4. The second-order valence-electron chi connectivity index (χ2n) is 7.77. The fourth-order valence-corrected chi connectivity index (χ4v) is 4.15. The van der Waals surface area contributed by atoms with E-state index >= 15 is 0 Å². The highest BCUT2D eigenvalue weighted by atomic mass is 16.5. The zero-order valence-electron chi connectivity index (χ0n) is 18.8. The zero-order valence-corrected chi connectivity index (χ0v) is 18.8. The molecule has 1 atom stereocenters. The molecule has 2 N–H and O–H groups in total. The van der Waals surface area contributed by atoms with E-state index < -0.39 is 6.04 Å². The minimum Gasteiger partial charge on any atom is -0.507 e. The van der Waals surface area contributed by atoms with E-state index in [0.717, 1.165) is 11.1 Å². The molecule has 2 heterocycles. The van der Waals surface area contributed by atoms with Crippen LogP contribution in [-0.2, 0) is 0 Å². The van der Waals surface area contributed by atoms with Crippen LogP contribution in [0.4, 0.5) is 0 Å². The highest BCUT2D eigenvalue weighted by Crippen LogP contribution is 2.46. The molecular weight excluding hydrogens is 418 g/mol. The van der Waals surface area contributed by atoms with Crippen molar-refractivity contribution in [2.75, 3.05) is 19.8 Å². The van der Waals surface area contributed by atoms with E-state index in [1.165, 1.54) is 0 Å². The highest BCUT2D eigenvalue weighted by molar-refractivity contribution is 6.00. The van der Waals surface area contributed by atoms with Gasteiger partial charge in [0.05, 0.1) is 12.6 Å². The van der Waals surface area contributed by atoms with Crippen molar-refractivity contribution < 1.29 is 19.4 Å². The summed E-state index contributed by atoms with van der Waals surface area (Å²) in [6, 6.07) is 10.5. The van der Waals surface area contributed by atoms with Gasteiger partial charge in [0.1, 0.15) is 23.7 Å². The molecule has 0 saturated carbocycles. The predicted octanol–water partition coefficient (Wildman–Crippen LogP) is 4.79. The van der Waals surface area contributed by atoms with Crippen LogP contribution in [0.5, 0.6) is 17.2 Å². The smallest absolute Gasteiger partial charge is 0.273 e. The summed E-state index contributed by atoms with van der Waals surface area (Å²) in [5.74, 6) is 1.11. The van der Waals surface area contributed by atoms with E-state index in [2.05, 4.69) is 23.4 Å². The number of nitrogens with one attached hydrogen (secondary N) is 1. The Bertz CT molecular complexity index is 1210. The summed E-state index contributed by atoms with van der Waals surface area (Å²) in [5, 5.41) is 17.9. The Kier molecular flexibility index (Phi) is 6.22. The molecule has 1 aromatic heterocycles. The molecule has 3 aromatic rings. The van der Waals surface area contributed by atoms with Crippen LogP contribution < -0.4 is 9.47 Å². The van der Waals surface area contributed by atoms with E-state index in [4.69, 9.17) is 9.47 Å². The molecule has 4 rings (SSSR count). The normalized spacial score (nSPS) is 14.8. The standard InChI is InChI=1S/C26H27N3O4/c1-5-12-29-25(17-9-11-20(33-13-6-2)21(15-17)32-7-3)22-23(27-28-24(22)26(29)31)18-14-16(4)8-10-19(18)30/h5-6,8-11,14-15,25,30H,1-2,7,12-13H2,3-4H3,(H,27,28)/t25-/m0/s1. The van der Waals surface area contributed by atoms with Gasteiger partial charge in [-0.25, -0.2) is 0 Å². The summed E-state index contributed by atoms with van der Waals surface area (Å²) in [5.41, 5.74) is 4.05. The van der Waals surface area contributed by atoms with Crippen LogP contribution in [0.15, 0.2) is 61.7 Å². The van der Waals surface area contributed by atoms with Crippen LogP contribution in [0.2, 0.25) is 0 Å². The lowest BCUT2D eigenvalue weighted by molar-refractivity contribution is 0.0764. The quantitative estimate of drug-likeness (QED) is 0.463. The van der Waals surface area contributed by atoms with Gasteiger partial charge in [-0.1, -0.05) is 36.4 Å². The lowest BCUT2D eigenvalue weighted by Crippen LogP contribution is -2.29. The number of hydrogen-bond donors (Lipinski definition) is 2. The van der Waals surface area contributed by atoms with Crippen molar-refractivity contribution in [3.63, 3.8) is 0 Å². The fourth-order valence-electron chi connectivity index (χ4n) is 4.15. The lowest BCUT2D eigenvalue weighted by Gasteiger charge is -2.26. The van der Waals surface area contributed by atoms with Gasteiger partial charge in [-0.15, -0.1) is 6.58 Å². The number of aromatic hydroxyl groups is 1. The second-order valence-corrected chi connectivity index (χ2v) is 7.77. The molecule has 7 heteroatoms. The largest absolute Gasteiger partial charge is 0.507 e. The van der Waals surface area contributed by atoms with Gasteiger partial charge >= 0.3 is 0 Å². The van der Waals surface area contributed by atoms with Gasteiger partial charge in [0, 0.05) is 17.7 Å². The van der Waals surface area contributed by atoms with Gasteiger partial charge in [-0.05, 0) is 43.7 Å². The maximum absolute atomic E-state index is 13.3. The van der Waals surface area contributed by atoms with E-state index in [9.17, 15) is 9.90 Å². The first-order chi connectivity index (χ1) is 16.0. The summed E-state index contributed by atoms with van der Waals surface area (Å²) >= 11 is 0. The molecule has 170 valence electrons. The molecule has 0 spiro atoms. The first-order valence-corrected chi connectivity index (χ1v) is 10.8. The number of benzene rings is 2. The van der Waals surface area contributed by atoms with Crippen molar-refractivity contribution in [1.82, 2.24) is 15.1 Å². The number of fused-ring (bicyclic) bond motifs is 1. The Morgan fingerprint density at radius 3 is 2.70 bits per heavy atom. The third-order valence-electron chi connectivity index (χ3n) is 5.54. The number of phenolic OH excluding ortho intramolecular Hbond substituents is 1. The highest BCUT2D eigenvalue weighted by Gasteiger charge is 2.42. The summed E-state index contributed by atoms with van der Waals surface area (Å²) in [6.07, 6.45) is 3.36. The molecule has 0 bridgehead atoms. The number of nitrogens with zero attached hydrogens (tertiary/aromatic N) is 2. The van der Waals surface area contributed by atoms with Gasteiger partial charge in [-0.2, -0.15) is 5.10 Å². The van der Waals surface area contributed by atoms with E-state index in [-0.39, 0.29) is 11.7 Å². The lowest BCUT2D eigenvalue weighted by atomic mass is 9.95. The number of carbonyl (C=O) groups excluding carboxylic acids is 1.